The second-order valence-electron chi connectivity index (χ2n) is 3.38. The number of anilines is 1. The van der Waals surface area contributed by atoms with Crippen LogP contribution in [0.3, 0.4) is 0 Å². The molecule has 1 aromatic heterocycles. The third-order valence-electron chi connectivity index (χ3n) is 2.29. The molecule has 0 amide bonds. The highest BCUT2D eigenvalue weighted by Crippen LogP contribution is 2.39. The molecule has 0 spiro atoms. The van der Waals surface area contributed by atoms with Gasteiger partial charge in [0.05, 0.1) is 12.7 Å². The molecule has 2 N–H and O–H groups in total. The Labute approximate surface area is 77.1 Å². The number of nitrogens with zero attached hydrogens (tertiary/aromatic N) is 2. The summed E-state index contributed by atoms with van der Waals surface area (Å²) in [7, 11) is 1.60. The summed E-state index contributed by atoms with van der Waals surface area (Å²) in [6.45, 7) is 1.87. The van der Waals surface area contributed by atoms with E-state index in [2.05, 4.69) is 9.97 Å². The van der Waals surface area contributed by atoms with Crippen molar-refractivity contribution in [1.82, 2.24) is 9.97 Å². The van der Waals surface area contributed by atoms with E-state index in [1.807, 2.05) is 6.92 Å². The SMILES string of the molecule is COc1nc(C2CC2)nc(N)c1C. The van der Waals surface area contributed by atoms with Gasteiger partial charge in [-0.2, -0.15) is 4.98 Å². The van der Waals surface area contributed by atoms with Crippen LogP contribution >= 0.6 is 0 Å². The van der Waals surface area contributed by atoms with Crippen LogP contribution in [0.4, 0.5) is 5.82 Å². The Bertz CT molecular complexity index is 334. The van der Waals surface area contributed by atoms with Crippen molar-refractivity contribution in [3.8, 4) is 5.88 Å². The van der Waals surface area contributed by atoms with Crippen LogP contribution in [-0.4, -0.2) is 17.1 Å². The quantitative estimate of drug-likeness (QED) is 0.742. The molecule has 0 unspecified atom stereocenters. The van der Waals surface area contributed by atoms with Gasteiger partial charge in [0.2, 0.25) is 5.88 Å². The average molecular weight is 179 g/mol. The minimum absolute atomic E-state index is 0.511. The van der Waals surface area contributed by atoms with Crippen molar-refractivity contribution in [2.75, 3.05) is 12.8 Å². The number of ether oxygens (including phenoxy) is 1. The van der Waals surface area contributed by atoms with Crippen molar-refractivity contribution in [2.24, 2.45) is 0 Å². The van der Waals surface area contributed by atoms with Crippen molar-refractivity contribution in [1.29, 1.82) is 0 Å². The summed E-state index contributed by atoms with van der Waals surface area (Å²) in [6.07, 6.45) is 2.34. The molecule has 1 fully saturated rings. The van der Waals surface area contributed by atoms with E-state index in [-0.39, 0.29) is 0 Å². The van der Waals surface area contributed by atoms with E-state index < -0.39 is 0 Å². The van der Waals surface area contributed by atoms with E-state index in [1.165, 1.54) is 12.8 Å². The van der Waals surface area contributed by atoms with Crippen molar-refractivity contribution >= 4 is 5.82 Å². The number of hydrogen-bond donors (Lipinski definition) is 1. The van der Waals surface area contributed by atoms with Crippen LogP contribution in [0.5, 0.6) is 5.88 Å². The topological polar surface area (TPSA) is 61.0 Å². The van der Waals surface area contributed by atoms with Gasteiger partial charge in [0.15, 0.2) is 0 Å². The summed E-state index contributed by atoms with van der Waals surface area (Å²) in [6, 6.07) is 0. The van der Waals surface area contributed by atoms with Crippen LogP contribution < -0.4 is 10.5 Å². The maximum atomic E-state index is 5.73. The molecule has 1 aliphatic carbocycles. The number of methoxy groups -OCH3 is 1. The molecule has 1 aliphatic rings. The zero-order valence-corrected chi connectivity index (χ0v) is 7.87. The third kappa shape index (κ3) is 1.43. The zero-order chi connectivity index (χ0) is 9.42. The number of nitrogen functional groups attached to an aromatic ring is 1. The van der Waals surface area contributed by atoms with E-state index >= 15 is 0 Å². The smallest absolute Gasteiger partial charge is 0.221 e. The van der Waals surface area contributed by atoms with Gasteiger partial charge in [-0.15, -0.1) is 0 Å². The minimum Gasteiger partial charge on any atom is -0.481 e. The molecule has 1 saturated carbocycles. The molecular weight excluding hydrogens is 166 g/mol. The Morgan fingerprint density at radius 1 is 1.38 bits per heavy atom. The lowest BCUT2D eigenvalue weighted by molar-refractivity contribution is 0.392. The van der Waals surface area contributed by atoms with Gasteiger partial charge in [-0.05, 0) is 19.8 Å². The second kappa shape index (κ2) is 2.87. The van der Waals surface area contributed by atoms with Gasteiger partial charge in [0.1, 0.15) is 11.6 Å². The first-order chi connectivity index (χ1) is 6.22. The predicted molar refractivity (Wildman–Crippen MR) is 49.7 cm³/mol. The molecule has 0 aliphatic heterocycles. The molecule has 1 heterocycles. The highest BCUT2D eigenvalue weighted by molar-refractivity contribution is 5.44. The lowest BCUT2D eigenvalue weighted by atomic mass is 10.3. The van der Waals surface area contributed by atoms with Gasteiger partial charge in [0.25, 0.3) is 0 Å². The summed E-state index contributed by atoms with van der Waals surface area (Å²) >= 11 is 0. The molecule has 2 rings (SSSR count). The number of aromatic nitrogens is 2. The molecule has 0 radical (unpaired) electrons. The van der Waals surface area contributed by atoms with Gasteiger partial charge in [-0.3, -0.25) is 0 Å². The Kier molecular flexibility index (Phi) is 1.83. The Morgan fingerprint density at radius 2 is 2.08 bits per heavy atom. The van der Waals surface area contributed by atoms with Crippen molar-refractivity contribution in [3.05, 3.63) is 11.4 Å². The summed E-state index contributed by atoms with van der Waals surface area (Å²) in [5.41, 5.74) is 6.56. The number of nitrogens with two attached hydrogens (primary N) is 1. The van der Waals surface area contributed by atoms with Crippen LogP contribution in [0.2, 0.25) is 0 Å². The van der Waals surface area contributed by atoms with Crippen LogP contribution in [0, 0.1) is 6.92 Å². The van der Waals surface area contributed by atoms with Crippen molar-refractivity contribution in [2.45, 2.75) is 25.7 Å². The molecule has 0 aromatic carbocycles. The first-order valence-electron chi connectivity index (χ1n) is 4.40. The first kappa shape index (κ1) is 8.29. The van der Waals surface area contributed by atoms with Crippen molar-refractivity contribution in [3.63, 3.8) is 0 Å². The molecule has 0 bridgehead atoms. The fourth-order valence-corrected chi connectivity index (χ4v) is 1.25. The monoisotopic (exact) mass is 179 g/mol. The van der Waals surface area contributed by atoms with Gasteiger partial charge in [-0.25, -0.2) is 4.98 Å². The maximum absolute atomic E-state index is 5.73. The molecule has 0 atom stereocenters. The van der Waals surface area contributed by atoms with Crippen LogP contribution in [0.15, 0.2) is 0 Å². The van der Waals surface area contributed by atoms with E-state index in [0.717, 1.165) is 11.4 Å². The van der Waals surface area contributed by atoms with Gasteiger partial charge < -0.3 is 10.5 Å². The largest absolute Gasteiger partial charge is 0.481 e. The lowest BCUT2D eigenvalue weighted by Crippen LogP contribution is -2.04. The summed E-state index contributed by atoms with van der Waals surface area (Å²) in [5, 5.41) is 0. The van der Waals surface area contributed by atoms with E-state index in [1.54, 1.807) is 7.11 Å². The normalized spacial score (nSPS) is 15.8. The Balaban J connectivity index is 2.43. The van der Waals surface area contributed by atoms with Crippen LogP contribution in [0.1, 0.15) is 30.1 Å². The standard InChI is InChI=1S/C9H13N3O/c1-5-7(10)11-8(6-3-4-6)12-9(5)13-2/h6H,3-4H2,1-2H3,(H2,10,11,12). The molecular formula is C9H13N3O. The van der Waals surface area contributed by atoms with Crippen molar-refractivity contribution < 1.29 is 4.74 Å². The maximum Gasteiger partial charge on any atom is 0.221 e. The van der Waals surface area contributed by atoms with Gasteiger partial charge in [0, 0.05) is 5.92 Å². The Hall–Kier alpha value is -1.32. The van der Waals surface area contributed by atoms with E-state index in [4.69, 9.17) is 10.5 Å². The molecule has 13 heavy (non-hydrogen) atoms. The number of hydrogen-bond acceptors (Lipinski definition) is 4. The fraction of sp³-hybridized carbons (Fsp3) is 0.556. The van der Waals surface area contributed by atoms with Gasteiger partial charge >= 0.3 is 0 Å². The van der Waals surface area contributed by atoms with Crippen LogP contribution in [-0.2, 0) is 0 Å². The molecule has 4 heteroatoms. The summed E-state index contributed by atoms with van der Waals surface area (Å²) in [5.74, 6) is 2.49. The first-order valence-corrected chi connectivity index (χ1v) is 4.40. The highest BCUT2D eigenvalue weighted by atomic mass is 16.5. The summed E-state index contributed by atoms with van der Waals surface area (Å²) in [4.78, 5) is 8.53. The van der Waals surface area contributed by atoms with Gasteiger partial charge in [-0.1, -0.05) is 0 Å². The lowest BCUT2D eigenvalue weighted by Gasteiger charge is -2.07. The third-order valence-corrected chi connectivity index (χ3v) is 2.29. The highest BCUT2D eigenvalue weighted by Gasteiger charge is 2.28. The predicted octanol–water partition coefficient (Wildman–Crippen LogP) is 1.25. The molecule has 70 valence electrons. The second-order valence-corrected chi connectivity index (χ2v) is 3.38. The minimum atomic E-state index is 0.511. The van der Waals surface area contributed by atoms with E-state index in [0.29, 0.717) is 17.6 Å². The molecule has 1 aromatic rings. The zero-order valence-electron chi connectivity index (χ0n) is 7.87. The van der Waals surface area contributed by atoms with Crippen LogP contribution in [0.25, 0.3) is 0 Å². The Morgan fingerprint density at radius 3 is 2.62 bits per heavy atom. The fourth-order valence-electron chi connectivity index (χ4n) is 1.25. The molecule has 4 nitrogen and oxygen atoms in total. The van der Waals surface area contributed by atoms with E-state index in [9.17, 15) is 0 Å². The average Bonchev–Trinajstić information content (AvgIpc) is 2.92. The summed E-state index contributed by atoms with van der Waals surface area (Å²) < 4.78 is 5.11. The molecule has 0 saturated heterocycles. The number of rotatable bonds is 2.